The molecule has 1 aromatic heterocycles. The van der Waals surface area contributed by atoms with Gasteiger partial charge in [0.05, 0.1) is 18.3 Å². The maximum Gasteiger partial charge on any atom is 0.289 e. The Morgan fingerprint density at radius 3 is 2.86 bits per heavy atom. The van der Waals surface area contributed by atoms with Crippen molar-refractivity contribution in [3.63, 3.8) is 0 Å². The highest BCUT2D eigenvalue weighted by Crippen LogP contribution is 2.30. The van der Waals surface area contributed by atoms with E-state index in [1.165, 1.54) is 24.2 Å². The van der Waals surface area contributed by atoms with E-state index in [2.05, 4.69) is 15.6 Å². The van der Waals surface area contributed by atoms with Crippen LogP contribution in [0.1, 0.15) is 16.1 Å². The van der Waals surface area contributed by atoms with Crippen molar-refractivity contribution in [2.24, 2.45) is 12.1 Å². The van der Waals surface area contributed by atoms with Gasteiger partial charge in [0.15, 0.2) is 0 Å². The first-order chi connectivity index (χ1) is 10.0. The largest absolute Gasteiger partial charge is 0.495 e. The Kier molecular flexibility index (Phi) is 4.82. The Bertz CT molecular complexity index is 697. The van der Waals surface area contributed by atoms with E-state index in [0.29, 0.717) is 27.1 Å². The number of nitrogens with one attached hydrogen (secondary N) is 1. The number of hydrogen-bond donors (Lipinski definition) is 1. The Labute approximate surface area is 131 Å². The number of carbonyl (C=O) groups excluding carboxylic acids is 1. The number of ether oxygens (including phenoxy) is 1. The Morgan fingerprint density at radius 2 is 2.24 bits per heavy atom. The molecule has 8 heteroatoms. The number of rotatable bonds is 4. The summed E-state index contributed by atoms with van der Waals surface area (Å²) in [6.07, 6.45) is 2.93. The average molecular weight is 327 g/mol. The smallest absolute Gasteiger partial charge is 0.289 e. The second-order valence-corrected chi connectivity index (χ2v) is 4.89. The van der Waals surface area contributed by atoms with E-state index in [0.717, 1.165) is 0 Å². The number of aryl methyl sites for hydroxylation is 1. The maximum atomic E-state index is 11.8. The molecule has 0 aliphatic rings. The lowest BCUT2D eigenvalue weighted by atomic mass is 10.2. The van der Waals surface area contributed by atoms with Crippen molar-refractivity contribution in [1.29, 1.82) is 0 Å². The molecule has 0 aliphatic heterocycles. The van der Waals surface area contributed by atoms with Crippen LogP contribution in [0.15, 0.2) is 29.5 Å². The van der Waals surface area contributed by atoms with Gasteiger partial charge in [-0.25, -0.2) is 5.43 Å². The van der Waals surface area contributed by atoms with Crippen LogP contribution >= 0.6 is 23.2 Å². The molecule has 1 N–H and O–H groups in total. The van der Waals surface area contributed by atoms with Gasteiger partial charge in [0.25, 0.3) is 5.91 Å². The summed E-state index contributed by atoms with van der Waals surface area (Å²) in [4.78, 5) is 11.8. The van der Waals surface area contributed by atoms with E-state index >= 15 is 0 Å². The number of amides is 1. The molecule has 1 aromatic carbocycles. The molecule has 0 saturated carbocycles. The van der Waals surface area contributed by atoms with E-state index < -0.39 is 0 Å². The lowest BCUT2D eigenvalue weighted by Gasteiger charge is -2.07. The number of carbonyl (C=O) groups is 1. The Morgan fingerprint density at radius 1 is 1.48 bits per heavy atom. The molecule has 6 nitrogen and oxygen atoms in total. The van der Waals surface area contributed by atoms with E-state index in [9.17, 15) is 4.79 Å². The van der Waals surface area contributed by atoms with Gasteiger partial charge in [0.2, 0.25) is 0 Å². The number of hydrogen-bond acceptors (Lipinski definition) is 4. The first-order valence-corrected chi connectivity index (χ1v) is 6.63. The molecule has 0 saturated heterocycles. The van der Waals surface area contributed by atoms with Crippen LogP contribution < -0.4 is 10.2 Å². The molecule has 1 amide bonds. The molecule has 110 valence electrons. The van der Waals surface area contributed by atoms with Crippen molar-refractivity contribution in [2.75, 3.05) is 7.11 Å². The van der Waals surface area contributed by atoms with Gasteiger partial charge in [-0.05, 0) is 18.2 Å². The molecule has 0 aliphatic carbocycles. The first-order valence-electron chi connectivity index (χ1n) is 5.87. The summed E-state index contributed by atoms with van der Waals surface area (Å²) in [5.74, 6) is 0.0536. The van der Waals surface area contributed by atoms with Crippen LogP contribution in [0.2, 0.25) is 10.0 Å². The zero-order chi connectivity index (χ0) is 15.4. The van der Waals surface area contributed by atoms with Gasteiger partial charge in [-0.2, -0.15) is 10.2 Å². The van der Waals surface area contributed by atoms with Crippen molar-refractivity contribution in [1.82, 2.24) is 15.2 Å². The SMILES string of the molecule is COc1c(Cl)cc(Cl)cc1C=NNC(=O)c1ccnn1C. The minimum absolute atomic E-state index is 0.365. The second kappa shape index (κ2) is 6.60. The van der Waals surface area contributed by atoms with Crippen molar-refractivity contribution >= 4 is 35.3 Å². The second-order valence-electron chi connectivity index (χ2n) is 4.05. The minimum atomic E-state index is -0.377. The number of nitrogens with zero attached hydrogens (tertiary/aromatic N) is 3. The van der Waals surface area contributed by atoms with Crippen LogP contribution in [0, 0.1) is 0 Å². The average Bonchev–Trinajstić information content (AvgIpc) is 2.84. The van der Waals surface area contributed by atoms with E-state index in [4.69, 9.17) is 27.9 Å². The molecular weight excluding hydrogens is 315 g/mol. The predicted octanol–water partition coefficient (Wildman–Crippen LogP) is 2.50. The highest BCUT2D eigenvalue weighted by atomic mass is 35.5. The molecule has 0 atom stereocenters. The van der Waals surface area contributed by atoms with Crippen molar-refractivity contribution in [2.45, 2.75) is 0 Å². The fraction of sp³-hybridized carbons (Fsp3) is 0.154. The quantitative estimate of drug-likeness (QED) is 0.693. The van der Waals surface area contributed by atoms with Gasteiger partial charge in [0.1, 0.15) is 11.4 Å². The lowest BCUT2D eigenvalue weighted by molar-refractivity contribution is 0.0945. The van der Waals surface area contributed by atoms with Gasteiger partial charge in [-0.1, -0.05) is 23.2 Å². The van der Waals surface area contributed by atoms with Crippen LogP contribution in [0.25, 0.3) is 0 Å². The predicted molar refractivity (Wildman–Crippen MR) is 81.3 cm³/mol. The normalized spacial score (nSPS) is 10.9. The fourth-order valence-electron chi connectivity index (χ4n) is 1.71. The van der Waals surface area contributed by atoms with Gasteiger partial charge in [-0.3, -0.25) is 9.48 Å². The molecule has 0 radical (unpaired) electrons. The summed E-state index contributed by atoms with van der Waals surface area (Å²) < 4.78 is 6.62. The summed E-state index contributed by atoms with van der Waals surface area (Å²) in [5, 5.41) is 8.58. The third-order valence-corrected chi connectivity index (χ3v) is 3.16. The van der Waals surface area contributed by atoms with E-state index in [1.807, 2.05) is 0 Å². The third kappa shape index (κ3) is 3.53. The van der Waals surface area contributed by atoms with Crippen LogP contribution in [-0.2, 0) is 7.05 Å². The lowest BCUT2D eigenvalue weighted by Crippen LogP contribution is -2.20. The molecule has 0 unspecified atom stereocenters. The topological polar surface area (TPSA) is 68.5 Å². The number of aromatic nitrogens is 2. The monoisotopic (exact) mass is 326 g/mol. The molecular formula is C13H12Cl2N4O2. The van der Waals surface area contributed by atoms with Crippen LogP contribution in [-0.4, -0.2) is 29.0 Å². The molecule has 21 heavy (non-hydrogen) atoms. The van der Waals surface area contributed by atoms with Gasteiger partial charge in [-0.15, -0.1) is 0 Å². The highest BCUT2D eigenvalue weighted by molar-refractivity contribution is 6.36. The Balaban J connectivity index is 2.15. The number of halogens is 2. The molecule has 0 fully saturated rings. The number of benzene rings is 1. The van der Waals surface area contributed by atoms with Crippen molar-refractivity contribution in [3.8, 4) is 5.75 Å². The van der Waals surface area contributed by atoms with Crippen molar-refractivity contribution < 1.29 is 9.53 Å². The number of hydrazone groups is 1. The van der Waals surface area contributed by atoms with Crippen LogP contribution in [0.4, 0.5) is 0 Å². The summed E-state index contributed by atoms with van der Waals surface area (Å²) >= 11 is 11.9. The summed E-state index contributed by atoms with van der Waals surface area (Å²) in [5.41, 5.74) is 3.34. The van der Waals surface area contributed by atoms with Gasteiger partial charge >= 0.3 is 0 Å². The van der Waals surface area contributed by atoms with Gasteiger partial charge < -0.3 is 4.74 Å². The Hall–Kier alpha value is -2.05. The zero-order valence-corrected chi connectivity index (χ0v) is 12.8. The maximum absolute atomic E-state index is 11.8. The van der Waals surface area contributed by atoms with Crippen LogP contribution in [0.3, 0.4) is 0 Å². The van der Waals surface area contributed by atoms with E-state index in [1.54, 1.807) is 25.2 Å². The standard InChI is InChI=1S/C13H12Cl2N4O2/c1-19-11(3-4-17-19)13(20)18-16-7-8-5-9(14)6-10(15)12(8)21-2/h3-7H,1-2H3,(H,18,20). The van der Waals surface area contributed by atoms with Crippen LogP contribution in [0.5, 0.6) is 5.75 Å². The molecule has 2 rings (SSSR count). The molecule has 2 aromatic rings. The van der Waals surface area contributed by atoms with E-state index in [-0.39, 0.29) is 5.91 Å². The third-order valence-electron chi connectivity index (χ3n) is 2.66. The van der Waals surface area contributed by atoms with Crippen molar-refractivity contribution in [3.05, 3.63) is 45.7 Å². The number of methoxy groups -OCH3 is 1. The fourth-order valence-corrected chi connectivity index (χ4v) is 2.29. The zero-order valence-electron chi connectivity index (χ0n) is 11.3. The molecule has 0 bridgehead atoms. The highest BCUT2D eigenvalue weighted by Gasteiger charge is 2.10. The summed E-state index contributed by atoms with van der Waals surface area (Å²) in [6.45, 7) is 0. The summed E-state index contributed by atoms with van der Waals surface area (Å²) in [6, 6.07) is 4.78. The molecule has 1 heterocycles. The molecule has 0 spiro atoms. The minimum Gasteiger partial charge on any atom is -0.495 e. The first kappa shape index (κ1) is 15.3. The van der Waals surface area contributed by atoms with Gasteiger partial charge in [0, 0.05) is 23.8 Å². The summed E-state index contributed by atoms with van der Waals surface area (Å²) in [7, 11) is 3.15.